The van der Waals surface area contributed by atoms with Gasteiger partial charge in [-0.05, 0) is 56.2 Å². The van der Waals surface area contributed by atoms with Crippen molar-refractivity contribution in [2.75, 3.05) is 11.9 Å². The number of carbonyl (C=O) groups excluding carboxylic acids is 2. The van der Waals surface area contributed by atoms with E-state index in [1.165, 1.54) is 11.3 Å². The number of carbonyl (C=O) groups is 2. The summed E-state index contributed by atoms with van der Waals surface area (Å²) in [4.78, 5) is 25.4. The Balaban J connectivity index is 1.72. The smallest absolute Gasteiger partial charge is 0.262 e. The van der Waals surface area contributed by atoms with Gasteiger partial charge in [-0.3, -0.25) is 9.59 Å². The molecule has 26 heavy (non-hydrogen) atoms. The lowest BCUT2D eigenvalue weighted by molar-refractivity contribution is -0.118. The van der Waals surface area contributed by atoms with Crippen LogP contribution in [0.1, 0.15) is 45.3 Å². The third-order valence-electron chi connectivity index (χ3n) is 4.70. The summed E-state index contributed by atoms with van der Waals surface area (Å²) in [5, 5.41) is 3.37. The minimum atomic E-state index is -0.484. The Bertz CT molecular complexity index is 857. The van der Waals surface area contributed by atoms with Gasteiger partial charge >= 0.3 is 0 Å². The number of thiophene rings is 1. The van der Waals surface area contributed by atoms with Crippen LogP contribution >= 0.6 is 11.3 Å². The summed E-state index contributed by atoms with van der Waals surface area (Å²) < 4.78 is 5.62. The molecular weight excluding hydrogens is 348 g/mol. The molecule has 1 aromatic carbocycles. The summed E-state index contributed by atoms with van der Waals surface area (Å²) in [5.74, 6) is 0.486. The zero-order valence-electron chi connectivity index (χ0n) is 15.3. The first-order chi connectivity index (χ1) is 12.3. The molecule has 1 atom stereocenters. The predicted molar refractivity (Wildman–Crippen MR) is 104 cm³/mol. The van der Waals surface area contributed by atoms with Gasteiger partial charge in [-0.2, -0.15) is 0 Å². The Hall–Kier alpha value is -2.34. The molecule has 0 fully saturated rings. The van der Waals surface area contributed by atoms with E-state index in [1.54, 1.807) is 0 Å². The number of anilines is 1. The zero-order chi connectivity index (χ0) is 18.8. The molecule has 0 radical (unpaired) electrons. The quantitative estimate of drug-likeness (QED) is 0.841. The first kappa shape index (κ1) is 18.5. The van der Waals surface area contributed by atoms with Gasteiger partial charge in [0.25, 0.3) is 11.8 Å². The average Bonchev–Trinajstić information content (AvgIpc) is 2.90. The van der Waals surface area contributed by atoms with Crippen LogP contribution in [0.4, 0.5) is 5.00 Å². The Morgan fingerprint density at radius 1 is 1.35 bits per heavy atom. The average molecular weight is 372 g/mol. The van der Waals surface area contributed by atoms with Crippen molar-refractivity contribution >= 4 is 28.2 Å². The number of amides is 2. The second-order valence-corrected chi connectivity index (χ2v) is 8.13. The fourth-order valence-electron chi connectivity index (χ4n) is 3.37. The van der Waals surface area contributed by atoms with Crippen LogP contribution in [0.25, 0.3) is 0 Å². The van der Waals surface area contributed by atoms with Crippen LogP contribution < -0.4 is 15.8 Å². The van der Waals surface area contributed by atoms with E-state index in [1.807, 2.05) is 32.0 Å². The van der Waals surface area contributed by atoms with Gasteiger partial charge in [-0.25, -0.2) is 0 Å². The van der Waals surface area contributed by atoms with Crippen molar-refractivity contribution in [1.29, 1.82) is 0 Å². The molecule has 6 heteroatoms. The van der Waals surface area contributed by atoms with E-state index in [9.17, 15) is 9.59 Å². The van der Waals surface area contributed by atoms with Crippen LogP contribution in [0, 0.1) is 19.8 Å². The van der Waals surface area contributed by atoms with Crippen LogP contribution in [0.2, 0.25) is 0 Å². The van der Waals surface area contributed by atoms with E-state index >= 15 is 0 Å². The van der Waals surface area contributed by atoms with Crippen LogP contribution in [-0.4, -0.2) is 18.4 Å². The lowest BCUT2D eigenvalue weighted by Gasteiger charge is -2.18. The van der Waals surface area contributed by atoms with Crippen LogP contribution in [-0.2, 0) is 17.6 Å². The van der Waals surface area contributed by atoms with Crippen LogP contribution in [0.5, 0.6) is 5.75 Å². The van der Waals surface area contributed by atoms with Crippen molar-refractivity contribution in [2.24, 2.45) is 11.7 Å². The maximum Gasteiger partial charge on any atom is 0.262 e. The standard InChI is InChI=1S/C20H24N2O3S/c1-11-5-7-15(13(3)8-11)25-10-17(23)22-20-18(19(21)24)14-6-4-12(2)9-16(14)26-20/h5,7-8,12H,4,6,9-10H2,1-3H3,(H2,21,24)(H,22,23)/t12-/m0/s1. The molecule has 2 aromatic rings. The monoisotopic (exact) mass is 372 g/mol. The van der Waals surface area contributed by atoms with E-state index in [0.717, 1.165) is 40.8 Å². The first-order valence-electron chi connectivity index (χ1n) is 8.79. The molecule has 0 saturated heterocycles. The Morgan fingerprint density at radius 3 is 2.81 bits per heavy atom. The number of ether oxygens (including phenoxy) is 1. The van der Waals surface area contributed by atoms with E-state index < -0.39 is 5.91 Å². The van der Waals surface area contributed by atoms with Gasteiger partial charge in [0.15, 0.2) is 6.61 Å². The van der Waals surface area contributed by atoms with Crippen molar-refractivity contribution in [3.05, 3.63) is 45.3 Å². The summed E-state index contributed by atoms with van der Waals surface area (Å²) in [6, 6.07) is 5.81. The van der Waals surface area contributed by atoms with Crippen LogP contribution in [0.3, 0.4) is 0 Å². The Labute approximate surface area is 157 Å². The molecule has 1 heterocycles. The summed E-state index contributed by atoms with van der Waals surface area (Å²) in [5.41, 5.74) is 9.18. The zero-order valence-corrected chi connectivity index (χ0v) is 16.2. The van der Waals surface area contributed by atoms with Gasteiger partial charge in [0.1, 0.15) is 10.8 Å². The molecule has 1 aromatic heterocycles. The number of rotatable bonds is 5. The molecule has 0 spiro atoms. The van der Waals surface area contributed by atoms with Gasteiger partial charge in [0.2, 0.25) is 0 Å². The van der Waals surface area contributed by atoms with Crippen molar-refractivity contribution in [2.45, 2.75) is 40.0 Å². The third kappa shape index (κ3) is 3.90. The summed E-state index contributed by atoms with van der Waals surface area (Å²) in [7, 11) is 0. The minimum Gasteiger partial charge on any atom is -0.483 e. The fraction of sp³-hybridized carbons (Fsp3) is 0.400. The molecule has 3 N–H and O–H groups in total. The van der Waals surface area contributed by atoms with Crippen molar-refractivity contribution in [1.82, 2.24) is 0 Å². The number of nitrogens with two attached hydrogens (primary N) is 1. The van der Waals surface area contributed by atoms with Crippen molar-refractivity contribution < 1.29 is 14.3 Å². The van der Waals surface area contributed by atoms with Gasteiger partial charge < -0.3 is 15.8 Å². The SMILES string of the molecule is Cc1ccc(OCC(=O)Nc2sc3c(c2C(N)=O)CC[C@H](C)C3)c(C)c1. The van der Waals surface area contributed by atoms with Gasteiger partial charge in [-0.15, -0.1) is 11.3 Å². The van der Waals surface area contributed by atoms with E-state index in [0.29, 0.717) is 22.2 Å². The summed E-state index contributed by atoms with van der Waals surface area (Å²) in [6.07, 6.45) is 2.79. The summed E-state index contributed by atoms with van der Waals surface area (Å²) >= 11 is 1.46. The number of benzene rings is 1. The van der Waals surface area contributed by atoms with E-state index in [4.69, 9.17) is 10.5 Å². The normalized spacial score (nSPS) is 16.0. The first-order valence-corrected chi connectivity index (χ1v) is 9.61. The Kier molecular flexibility index (Phi) is 5.32. The lowest BCUT2D eigenvalue weighted by atomic mass is 9.88. The largest absolute Gasteiger partial charge is 0.483 e. The molecule has 1 aliphatic rings. The molecule has 138 valence electrons. The molecule has 0 aliphatic heterocycles. The van der Waals surface area contributed by atoms with E-state index in [-0.39, 0.29) is 12.5 Å². The third-order valence-corrected chi connectivity index (χ3v) is 5.87. The second-order valence-electron chi connectivity index (χ2n) is 7.03. The predicted octanol–water partition coefficient (Wildman–Crippen LogP) is 3.61. The number of hydrogen-bond acceptors (Lipinski definition) is 4. The number of aryl methyl sites for hydroxylation is 2. The lowest BCUT2D eigenvalue weighted by Crippen LogP contribution is -2.23. The highest BCUT2D eigenvalue weighted by atomic mass is 32.1. The Morgan fingerprint density at radius 2 is 2.12 bits per heavy atom. The highest BCUT2D eigenvalue weighted by Gasteiger charge is 2.27. The molecule has 0 saturated carbocycles. The van der Waals surface area contributed by atoms with Crippen molar-refractivity contribution in [3.8, 4) is 5.75 Å². The van der Waals surface area contributed by atoms with Gasteiger partial charge in [0, 0.05) is 4.88 Å². The molecule has 0 unspecified atom stereocenters. The molecule has 5 nitrogen and oxygen atoms in total. The molecule has 3 rings (SSSR count). The number of primary amides is 1. The fourth-order valence-corrected chi connectivity index (χ4v) is 4.80. The van der Waals surface area contributed by atoms with Gasteiger partial charge in [-0.1, -0.05) is 24.6 Å². The minimum absolute atomic E-state index is 0.110. The molecule has 1 aliphatic carbocycles. The molecular formula is C20H24N2O3S. The van der Waals surface area contributed by atoms with Gasteiger partial charge in [0.05, 0.1) is 5.56 Å². The molecule has 0 bridgehead atoms. The number of nitrogens with one attached hydrogen (secondary N) is 1. The highest BCUT2D eigenvalue weighted by Crippen LogP contribution is 2.39. The molecule has 2 amide bonds. The second kappa shape index (κ2) is 7.50. The van der Waals surface area contributed by atoms with Crippen LogP contribution in [0.15, 0.2) is 18.2 Å². The maximum absolute atomic E-state index is 12.3. The number of fused-ring (bicyclic) bond motifs is 1. The number of hydrogen-bond donors (Lipinski definition) is 2. The topological polar surface area (TPSA) is 81.4 Å². The van der Waals surface area contributed by atoms with E-state index in [2.05, 4.69) is 12.2 Å². The summed E-state index contributed by atoms with van der Waals surface area (Å²) in [6.45, 7) is 6.04. The highest BCUT2D eigenvalue weighted by molar-refractivity contribution is 7.17. The maximum atomic E-state index is 12.3. The van der Waals surface area contributed by atoms with Crippen molar-refractivity contribution in [3.63, 3.8) is 0 Å².